The summed E-state index contributed by atoms with van der Waals surface area (Å²) in [6, 6.07) is 14.4. The zero-order valence-electron chi connectivity index (χ0n) is 12.0. The average Bonchev–Trinajstić information content (AvgIpc) is 2.47. The van der Waals surface area contributed by atoms with Gasteiger partial charge in [-0.15, -0.1) is 0 Å². The molecule has 112 valence electrons. The van der Waals surface area contributed by atoms with Crippen molar-refractivity contribution in [3.63, 3.8) is 0 Å². The lowest BCUT2D eigenvalue weighted by atomic mass is 10.1. The van der Waals surface area contributed by atoms with Crippen LogP contribution in [0.15, 0.2) is 53.4 Å². The predicted octanol–water partition coefficient (Wildman–Crippen LogP) is 3.93. The van der Waals surface area contributed by atoms with Gasteiger partial charge in [0.1, 0.15) is 0 Å². The van der Waals surface area contributed by atoms with Gasteiger partial charge in [0.2, 0.25) is 10.0 Å². The molecule has 1 atom stereocenters. The van der Waals surface area contributed by atoms with E-state index in [-0.39, 0.29) is 10.9 Å². The standard InChI is InChI=1S/C16H18BrNO2S/c1-12-4-3-5-15(10-12)13(2)18-21(19,20)16-8-6-14(11-17)7-9-16/h3-10,13,18H,11H2,1-2H3/t13-/m1/s1. The lowest BCUT2D eigenvalue weighted by Gasteiger charge is -2.15. The zero-order chi connectivity index (χ0) is 15.5. The maximum atomic E-state index is 12.4. The van der Waals surface area contributed by atoms with E-state index in [9.17, 15) is 8.42 Å². The molecule has 2 aromatic carbocycles. The van der Waals surface area contributed by atoms with Crippen molar-refractivity contribution in [1.82, 2.24) is 4.72 Å². The van der Waals surface area contributed by atoms with Gasteiger partial charge in [-0.2, -0.15) is 0 Å². The first-order chi connectivity index (χ1) is 9.92. The Labute approximate surface area is 134 Å². The highest BCUT2D eigenvalue weighted by atomic mass is 79.9. The first-order valence-corrected chi connectivity index (χ1v) is 9.26. The van der Waals surface area contributed by atoms with Crippen molar-refractivity contribution in [2.45, 2.75) is 30.1 Å². The van der Waals surface area contributed by atoms with Gasteiger partial charge in [-0.3, -0.25) is 0 Å². The number of aryl methyl sites for hydroxylation is 1. The molecule has 0 saturated carbocycles. The van der Waals surface area contributed by atoms with Gasteiger partial charge in [0.05, 0.1) is 4.90 Å². The van der Waals surface area contributed by atoms with Crippen LogP contribution in [0.3, 0.4) is 0 Å². The van der Waals surface area contributed by atoms with Crippen LogP contribution in [0.4, 0.5) is 0 Å². The van der Waals surface area contributed by atoms with E-state index in [0.717, 1.165) is 16.7 Å². The summed E-state index contributed by atoms with van der Waals surface area (Å²) < 4.78 is 27.5. The van der Waals surface area contributed by atoms with E-state index in [0.29, 0.717) is 5.33 Å². The van der Waals surface area contributed by atoms with E-state index in [2.05, 4.69) is 20.7 Å². The number of hydrogen-bond acceptors (Lipinski definition) is 2. The second-order valence-electron chi connectivity index (χ2n) is 5.03. The Bertz CT molecular complexity index is 711. The van der Waals surface area contributed by atoms with Gasteiger partial charge in [-0.05, 0) is 37.1 Å². The van der Waals surface area contributed by atoms with Crippen molar-refractivity contribution in [3.8, 4) is 0 Å². The third kappa shape index (κ3) is 4.15. The van der Waals surface area contributed by atoms with E-state index >= 15 is 0 Å². The van der Waals surface area contributed by atoms with Gasteiger partial charge in [0.25, 0.3) is 0 Å². The predicted molar refractivity (Wildman–Crippen MR) is 89.0 cm³/mol. The maximum Gasteiger partial charge on any atom is 0.241 e. The molecule has 0 spiro atoms. The summed E-state index contributed by atoms with van der Waals surface area (Å²) in [4.78, 5) is 0.284. The van der Waals surface area contributed by atoms with Gasteiger partial charge < -0.3 is 0 Å². The van der Waals surface area contributed by atoms with Gasteiger partial charge in [-0.25, -0.2) is 13.1 Å². The normalized spacial score (nSPS) is 13.1. The smallest absolute Gasteiger partial charge is 0.207 e. The first kappa shape index (κ1) is 16.2. The van der Waals surface area contributed by atoms with E-state index in [1.807, 2.05) is 38.1 Å². The molecule has 0 heterocycles. The SMILES string of the molecule is Cc1cccc([C@@H](C)NS(=O)(=O)c2ccc(CBr)cc2)c1. The van der Waals surface area contributed by atoms with Gasteiger partial charge in [-0.1, -0.05) is 57.9 Å². The van der Waals surface area contributed by atoms with Gasteiger partial charge in [0, 0.05) is 11.4 Å². The number of sulfonamides is 1. The van der Waals surface area contributed by atoms with Crippen LogP contribution >= 0.6 is 15.9 Å². The molecule has 21 heavy (non-hydrogen) atoms. The number of halogens is 1. The summed E-state index contributed by atoms with van der Waals surface area (Å²) in [5, 5.41) is 0.709. The highest BCUT2D eigenvalue weighted by Gasteiger charge is 2.18. The lowest BCUT2D eigenvalue weighted by molar-refractivity contribution is 0.567. The number of rotatable bonds is 5. The molecule has 5 heteroatoms. The highest BCUT2D eigenvalue weighted by Crippen LogP contribution is 2.18. The number of hydrogen-bond donors (Lipinski definition) is 1. The van der Waals surface area contributed by atoms with E-state index in [1.165, 1.54) is 0 Å². The van der Waals surface area contributed by atoms with Crippen LogP contribution in [0.25, 0.3) is 0 Å². The number of alkyl halides is 1. The third-order valence-corrected chi connectivity index (χ3v) is 5.47. The van der Waals surface area contributed by atoms with Gasteiger partial charge in [0.15, 0.2) is 0 Å². The topological polar surface area (TPSA) is 46.2 Å². The van der Waals surface area contributed by atoms with Gasteiger partial charge >= 0.3 is 0 Å². The summed E-state index contributed by atoms with van der Waals surface area (Å²) in [5.74, 6) is 0. The fourth-order valence-corrected chi connectivity index (χ4v) is 3.67. The summed E-state index contributed by atoms with van der Waals surface area (Å²) in [5.41, 5.74) is 3.11. The first-order valence-electron chi connectivity index (χ1n) is 6.66. The fourth-order valence-electron chi connectivity index (χ4n) is 2.07. The molecular formula is C16H18BrNO2S. The van der Waals surface area contributed by atoms with Crippen LogP contribution in [0, 0.1) is 6.92 Å². The molecule has 0 fully saturated rings. The molecule has 0 aliphatic rings. The second kappa shape index (κ2) is 6.73. The van der Waals surface area contributed by atoms with Crippen molar-refractivity contribution in [1.29, 1.82) is 0 Å². The fraction of sp³-hybridized carbons (Fsp3) is 0.250. The Kier molecular flexibility index (Phi) is 5.19. The molecule has 0 aromatic heterocycles. The van der Waals surface area contributed by atoms with Crippen LogP contribution in [0.1, 0.15) is 29.7 Å². The van der Waals surface area contributed by atoms with Crippen molar-refractivity contribution in [2.75, 3.05) is 0 Å². The molecule has 0 unspecified atom stereocenters. The Morgan fingerprint density at radius 1 is 1.14 bits per heavy atom. The van der Waals surface area contributed by atoms with Crippen LogP contribution < -0.4 is 4.72 Å². The van der Waals surface area contributed by atoms with Crippen LogP contribution in [0.2, 0.25) is 0 Å². The molecular weight excluding hydrogens is 350 g/mol. The molecule has 0 radical (unpaired) electrons. The Hall–Kier alpha value is -1.17. The molecule has 0 saturated heterocycles. The Balaban J connectivity index is 2.20. The Morgan fingerprint density at radius 2 is 1.81 bits per heavy atom. The molecule has 3 nitrogen and oxygen atoms in total. The monoisotopic (exact) mass is 367 g/mol. The average molecular weight is 368 g/mol. The zero-order valence-corrected chi connectivity index (χ0v) is 14.4. The van der Waals surface area contributed by atoms with Crippen molar-refractivity contribution < 1.29 is 8.42 Å². The lowest BCUT2D eigenvalue weighted by Crippen LogP contribution is -2.26. The van der Waals surface area contributed by atoms with Crippen LogP contribution in [-0.4, -0.2) is 8.42 Å². The Morgan fingerprint density at radius 3 is 2.38 bits per heavy atom. The maximum absolute atomic E-state index is 12.4. The number of benzene rings is 2. The molecule has 2 aromatic rings. The molecule has 0 bridgehead atoms. The second-order valence-corrected chi connectivity index (χ2v) is 7.31. The largest absolute Gasteiger partial charge is 0.241 e. The number of nitrogens with one attached hydrogen (secondary N) is 1. The summed E-state index contributed by atoms with van der Waals surface area (Å²) >= 11 is 3.35. The van der Waals surface area contributed by atoms with Crippen LogP contribution in [0.5, 0.6) is 0 Å². The molecule has 0 aliphatic carbocycles. The molecule has 2 rings (SSSR count). The molecule has 0 aliphatic heterocycles. The molecule has 0 amide bonds. The highest BCUT2D eigenvalue weighted by molar-refractivity contribution is 9.08. The third-order valence-electron chi connectivity index (χ3n) is 3.26. The minimum absolute atomic E-state index is 0.272. The van der Waals surface area contributed by atoms with Crippen molar-refractivity contribution in [3.05, 3.63) is 65.2 Å². The summed E-state index contributed by atoms with van der Waals surface area (Å²) in [6.07, 6.45) is 0. The van der Waals surface area contributed by atoms with E-state index in [4.69, 9.17) is 0 Å². The minimum Gasteiger partial charge on any atom is -0.207 e. The van der Waals surface area contributed by atoms with Crippen molar-refractivity contribution in [2.24, 2.45) is 0 Å². The van der Waals surface area contributed by atoms with Crippen LogP contribution in [-0.2, 0) is 15.4 Å². The van der Waals surface area contributed by atoms with E-state index in [1.54, 1.807) is 24.3 Å². The van der Waals surface area contributed by atoms with Crippen molar-refractivity contribution >= 4 is 26.0 Å². The van der Waals surface area contributed by atoms with E-state index < -0.39 is 10.0 Å². The summed E-state index contributed by atoms with van der Waals surface area (Å²) in [6.45, 7) is 3.84. The quantitative estimate of drug-likeness (QED) is 0.813. The minimum atomic E-state index is -3.51. The molecule has 1 N–H and O–H groups in total. The summed E-state index contributed by atoms with van der Waals surface area (Å²) in [7, 11) is -3.51.